The Hall–Kier alpha value is -1.87. The lowest BCUT2D eigenvalue weighted by molar-refractivity contribution is -0.246. The molecular weight excluding hydrogens is 444 g/mol. The van der Waals surface area contributed by atoms with Crippen molar-refractivity contribution in [2.45, 2.75) is 24.2 Å². The van der Waals surface area contributed by atoms with Crippen LogP contribution in [0.3, 0.4) is 0 Å². The molecule has 0 spiro atoms. The lowest BCUT2D eigenvalue weighted by atomic mass is 10.1. The van der Waals surface area contributed by atoms with E-state index in [1.165, 1.54) is 0 Å². The Balaban J connectivity index is 2.39. The van der Waals surface area contributed by atoms with Crippen molar-refractivity contribution in [2.24, 2.45) is 5.11 Å². The average molecular weight is 459 g/mol. The summed E-state index contributed by atoms with van der Waals surface area (Å²) in [4.78, 5) is 54.2. The first-order valence-electron chi connectivity index (χ1n) is 7.35. The van der Waals surface area contributed by atoms with Crippen LogP contribution in [-0.2, 0) is 27.4 Å². The van der Waals surface area contributed by atoms with E-state index in [9.17, 15) is 28.7 Å². The molecule has 1 aliphatic rings. The number of nitrogens with zero attached hydrogens (tertiary/aromatic N) is 4. The van der Waals surface area contributed by atoms with Gasteiger partial charge in [-0.25, -0.2) is 13.9 Å². The van der Waals surface area contributed by atoms with Crippen LogP contribution in [-0.4, -0.2) is 61.0 Å². The van der Waals surface area contributed by atoms with E-state index in [4.69, 9.17) is 24.8 Å². The first kappa shape index (κ1) is 23.4. The Morgan fingerprint density at radius 2 is 2.07 bits per heavy atom. The van der Waals surface area contributed by atoms with E-state index >= 15 is 0 Å². The Bertz CT molecular complexity index is 1010. The molecule has 0 radical (unpaired) electrons. The highest BCUT2D eigenvalue weighted by Crippen LogP contribution is 2.58. The molecule has 5 N–H and O–H groups in total. The molecule has 1 aromatic heterocycles. The molecule has 2 heterocycles. The van der Waals surface area contributed by atoms with Gasteiger partial charge in [-0.2, -0.15) is 4.31 Å². The maximum Gasteiger partial charge on any atom is 0.481 e. The molecule has 1 aromatic rings. The lowest BCUT2D eigenvalue weighted by Crippen LogP contribution is -2.47. The van der Waals surface area contributed by atoms with Crippen molar-refractivity contribution in [1.29, 1.82) is 0 Å². The number of methoxy groups -OCH3 is 1. The molecule has 19 heteroatoms. The van der Waals surface area contributed by atoms with E-state index in [1.807, 2.05) is 4.98 Å². The summed E-state index contributed by atoms with van der Waals surface area (Å²) >= 11 is 0. The molecule has 0 amide bonds. The fraction of sp³-hybridized carbons (Fsp3) is 0.600. The number of phosphoric acid groups is 2. The van der Waals surface area contributed by atoms with Gasteiger partial charge in [-0.05, 0) is 5.53 Å². The van der Waals surface area contributed by atoms with Gasteiger partial charge in [0.1, 0.15) is 18.8 Å². The second kappa shape index (κ2) is 8.47. The molecule has 1 unspecified atom stereocenters. The Morgan fingerprint density at radius 1 is 1.41 bits per heavy atom. The highest BCUT2D eigenvalue weighted by atomic mass is 31.3. The fourth-order valence-corrected chi connectivity index (χ4v) is 4.10. The van der Waals surface area contributed by atoms with E-state index in [1.54, 1.807) is 0 Å². The number of aromatic nitrogens is 2. The van der Waals surface area contributed by atoms with Gasteiger partial charge < -0.3 is 29.3 Å². The van der Waals surface area contributed by atoms with Gasteiger partial charge in [0.2, 0.25) is 5.79 Å². The van der Waals surface area contributed by atoms with Crippen LogP contribution in [0.2, 0.25) is 0 Å². The third kappa shape index (κ3) is 5.39. The zero-order valence-electron chi connectivity index (χ0n) is 14.3. The largest absolute Gasteiger partial charge is 0.481 e. The van der Waals surface area contributed by atoms with Crippen molar-refractivity contribution in [3.05, 3.63) is 43.5 Å². The summed E-state index contributed by atoms with van der Waals surface area (Å²) in [5.74, 6) is -2.29. The number of rotatable bonds is 8. The SMILES string of the molecule is CO[C@]1(COP(=O)(O)OP(=O)(O)O)O[C@@H](n2ccc(=O)[nH]c2=O)[C@H](O)[C@@H]1N=[N+]=[N-]. The van der Waals surface area contributed by atoms with Gasteiger partial charge in [-0.1, -0.05) is 5.11 Å². The molecule has 2 rings (SSSR count). The number of nitrogens with one attached hydrogen (secondary N) is 1. The number of azide groups is 1. The molecule has 162 valence electrons. The number of aromatic amines is 1. The van der Waals surface area contributed by atoms with E-state index in [0.29, 0.717) is 0 Å². The van der Waals surface area contributed by atoms with Crippen molar-refractivity contribution in [2.75, 3.05) is 13.7 Å². The molecule has 0 aromatic carbocycles. The lowest BCUT2D eigenvalue weighted by Gasteiger charge is -2.30. The predicted octanol–water partition coefficient (Wildman–Crippen LogP) is -1.33. The molecule has 0 aliphatic carbocycles. The van der Waals surface area contributed by atoms with Crippen molar-refractivity contribution in [1.82, 2.24) is 9.55 Å². The molecule has 29 heavy (non-hydrogen) atoms. The summed E-state index contributed by atoms with van der Waals surface area (Å²) in [5.41, 5.74) is 6.99. The van der Waals surface area contributed by atoms with Crippen molar-refractivity contribution in [3.8, 4) is 0 Å². The first-order chi connectivity index (χ1) is 13.3. The topological polar surface area (TPSA) is 256 Å². The number of hydrogen-bond donors (Lipinski definition) is 5. The molecule has 0 bridgehead atoms. The van der Waals surface area contributed by atoms with Crippen LogP contribution >= 0.6 is 15.6 Å². The van der Waals surface area contributed by atoms with Gasteiger partial charge in [-0.15, -0.1) is 0 Å². The summed E-state index contributed by atoms with van der Waals surface area (Å²) in [5, 5.41) is 13.7. The summed E-state index contributed by atoms with van der Waals surface area (Å²) in [7, 11) is -9.80. The van der Waals surface area contributed by atoms with E-state index in [-0.39, 0.29) is 0 Å². The zero-order valence-corrected chi connectivity index (χ0v) is 16.1. The second-order valence-corrected chi connectivity index (χ2v) is 8.33. The smallest absolute Gasteiger partial charge is 0.388 e. The minimum absolute atomic E-state index is 0.720. The molecule has 1 saturated heterocycles. The normalized spacial score (nSPS) is 29.2. The highest BCUT2D eigenvalue weighted by Gasteiger charge is 2.57. The minimum Gasteiger partial charge on any atom is -0.388 e. The maximum atomic E-state index is 12.0. The quantitative estimate of drug-likeness (QED) is 0.131. The average Bonchev–Trinajstić information content (AvgIpc) is 2.85. The molecule has 0 saturated carbocycles. The maximum absolute atomic E-state index is 12.0. The van der Waals surface area contributed by atoms with Crippen LogP contribution in [0, 0.1) is 0 Å². The van der Waals surface area contributed by atoms with Crippen molar-refractivity contribution in [3.63, 3.8) is 0 Å². The molecule has 17 nitrogen and oxygen atoms in total. The first-order valence-corrected chi connectivity index (χ1v) is 10.4. The Labute approximate surface area is 159 Å². The molecule has 1 fully saturated rings. The number of H-pyrrole nitrogens is 1. The number of ether oxygens (including phenoxy) is 2. The number of phosphoric ester groups is 1. The van der Waals surface area contributed by atoms with Gasteiger partial charge >= 0.3 is 21.3 Å². The predicted molar refractivity (Wildman–Crippen MR) is 89.0 cm³/mol. The zero-order chi connectivity index (χ0) is 22.0. The standard InChI is InChI=1S/C10H15N5O12P2/c1-24-10(4-25-29(22,23)27-28(19,20)21)7(13-14-11)6(17)8(26-10)15-3-2-5(16)12-9(15)18/h2-3,6-8,17H,4H2,1H3,(H,22,23)(H,12,16,18)(H2,19,20,21)/t6-,7+,8-,10-/m1/s1. The van der Waals surface area contributed by atoms with Gasteiger partial charge in [0.05, 0.1) is 0 Å². The third-order valence-electron chi connectivity index (χ3n) is 3.67. The van der Waals surface area contributed by atoms with Crippen LogP contribution in [0.25, 0.3) is 10.4 Å². The molecular formula is C10H15N5O12P2. The van der Waals surface area contributed by atoms with E-state index < -0.39 is 57.7 Å². The molecule has 5 atom stereocenters. The van der Waals surface area contributed by atoms with E-state index in [2.05, 4.69) is 18.9 Å². The number of aliphatic hydroxyl groups excluding tert-OH is 1. The summed E-state index contributed by atoms with van der Waals surface area (Å²) in [6.07, 6.45) is -2.43. The summed E-state index contributed by atoms with van der Waals surface area (Å²) < 4.78 is 41.6. The van der Waals surface area contributed by atoms with E-state index in [0.717, 1.165) is 23.9 Å². The minimum atomic E-state index is -5.42. The van der Waals surface area contributed by atoms with Crippen molar-refractivity contribution >= 4 is 15.6 Å². The Morgan fingerprint density at radius 3 is 2.59 bits per heavy atom. The Kier molecular flexibility index (Phi) is 6.84. The van der Waals surface area contributed by atoms with Crippen LogP contribution in [0.5, 0.6) is 0 Å². The van der Waals surface area contributed by atoms with Gasteiger partial charge in [-0.3, -0.25) is 18.9 Å². The van der Waals surface area contributed by atoms with Crippen LogP contribution in [0.15, 0.2) is 27.0 Å². The van der Waals surface area contributed by atoms with Crippen LogP contribution in [0.4, 0.5) is 0 Å². The molecule has 1 aliphatic heterocycles. The second-order valence-electron chi connectivity index (χ2n) is 5.50. The fourth-order valence-electron chi connectivity index (χ4n) is 2.50. The monoisotopic (exact) mass is 459 g/mol. The third-order valence-corrected chi connectivity index (χ3v) is 5.80. The summed E-state index contributed by atoms with van der Waals surface area (Å²) in [6, 6.07) is -0.740. The summed E-state index contributed by atoms with van der Waals surface area (Å²) in [6.45, 7) is -1.13. The van der Waals surface area contributed by atoms with Crippen LogP contribution in [0.1, 0.15) is 6.23 Å². The van der Waals surface area contributed by atoms with Gasteiger partial charge in [0, 0.05) is 24.3 Å². The van der Waals surface area contributed by atoms with Crippen molar-refractivity contribution < 1.29 is 47.2 Å². The van der Waals surface area contributed by atoms with Crippen LogP contribution < -0.4 is 11.2 Å². The van der Waals surface area contributed by atoms with Gasteiger partial charge in [0.25, 0.3) is 5.56 Å². The number of aliphatic hydroxyl groups is 1. The number of hydrogen-bond acceptors (Lipinski definition) is 10. The highest BCUT2D eigenvalue weighted by molar-refractivity contribution is 7.60. The van der Waals surface area contributed by atoms with Gasteiger partial charge in [0.15, 0.2) is 6.23 Å².